The van der Waals surface area contributed by atoms with Gasteiger partial charge in [0.25, 0.3) is 0 Å². The SMILES string of the molecule is CC(C)(F)Cc1cccc(CNO)c1. The van der Waals surface area contributed by atoms with Crippen LogP contribution in [0.1, 0.15) is 25.0 Å². The van der Waals surface area contributed by atoms with Crippen molar-refractivity contribution in [2.75, 3.05) is 0 Å². The smallest absolute Gasteiger partial charge is 0.109 e. The quantitative estimate of drug-likeness (QED) is 0.727. The number of hydroxylamine groups is 1. The van der Waals surface area contributed by atoms with E-state index >= 15 is 0 Å². The lowest BCUT2D eigenvalue weighted by atomic mass is 9.99. The Morgan fingerprint density at radius 1 is 1.36 bits per heavy atom. The summed E-state index contributed by atoms with van der Waals surface area (Å²) in [5, 5.41) is 8.52. The fourth-order valence-corrected chi connectivity index (χ4v) is 1.43. The summed E-state index contributed by atoms with van der Waals surface area (Å²) >= 11 is 0. The summed E-state index contributed by atoms with van der Waals surface area (Å²) in [5.41, 5.74) is 2.79. The Hall–Kier alpha value is -0.930. The predicted octanol–water partition coefficient (Wildman–Crippen LogP) is 2.46. The van der Waals surface area contributed by atoms with Gasteiger partial charge in [0.1, 0.15) is 5.67 Å². The third-order valence-electron chi connectivity index (χ3n) is 1.90. The molecular formula is C11H16FNO. The minimum Gasteiger partial charge on any atom is -0.316 e. The zero-order valence-electron chi connectivity index (χ0n) is 8.55. The summed E-state index contributed by atoms with van der Waals surface area (Å²) < 4.78 is 13.3. The summed E-state index contributed by atoms with van der Waals surface area (Å²) in [5.74, 6) is 0. The highest BCUT2D eigenvalue weighted by Crippen LogP contribution is 2.17. The number of benzene rings is 1. The molecule has 0 saturated carbocycles. The first kappa shape index (κ1) is 11.1. The van der Waals surface area contributed by atoms with E-state index in [-0.39, 0.29) is 0 Å². The molecule has 0 spiro atoms. The van der Waals surface area contributed by atoms with Crippen LogP contribution in [0.5, 0.6) is 0 Å². The molecule has 1 rings (SSSR count). The highest BCUT2D eigenvalue weighted by atomic mass is 19.1. The van der Waals surface area contributed by atoms with Crippen LogP contribution in [0.3, 0.4) is 0 Å². The molecule has 0 saturated heterocycles. The van der Waals surface area contributed by atoms with Gasteiger partial charge in [0.2, 0.25) is 0 Å². The fourth-order valence-electron chi connectivity index (χ4n) is 1.43. The number of alkyl halides is 1. The van der Waals surface area contributed by atoms with Gasteiger partial charge in [0.05, 0.1) is 0 Å². The van der Waals surface area contributed by atoms with Gasteiger partial charge in [0, 0.05) is 13.0 Å². The first-order chi connectivity index (χ1) is 6.51. The highest BCUT2D eigenvalue weighted by Gasteiger charge is 2.15. The molecule has 0 aromatic heterocycles. The molecule has 0 amide bonds. The van der Waals surface area contributed by atoms with E-state index in [0.717, 1.165) is 11.1 Å². The third kappa shape index (κ3) is 3.85. The summed E-state index contributed by atoms with van der Waals surface area (Å²) in [6, 6.07) is 7.54. The molecule has 0 aliphatic rings. The molecule has 0 atom stereocenters. The molecule has 2 N–H and O–H groups in total. The topological polar surface area (TPSA) is 32.3 Å². The Bertz CT molecular complexity index is 294. The van der Waals surface area contributed by atoms with Crippen molar-refractivity contribution in [3.63, 3.8) is 0 Å². The minimum atomic E-state index is -1.19. The molecule has 0 heterocycles. The van der Waals surface area contributed by atoms with Gasteiger partial charge in [-0.15, -0.1) is 0 Å². The van der Waals surface area contributed by atoms with Gasteiger partial charge < -0.3 is 5.21 Å². The van der Waals surface area contributed by atoms with E-state index < -0.39 is 5.67 Å². The Kier molecular flexibility index (Phi) is 3.61. The Morgan fingerprint density at radius 2 is 2.00 bits per heavy atom. The molecule has 0 fully saturated rings. The van der Waals surface area contributed by atoms with E-state index in [1.54, 1.807) is 13.8 Å². The zero-order chi connectivity index (χ0) is 10.6. The molecule has 1 aromatic rings. The molecule has 0 aliphatic carbocycles. The van der Waals surface area contributed by atoms with Crippen LogP contribution in [-0.2, 0) is 13.0 Å². The maximum absolute atomic E-state index is 13.3. The zero-order valence-corrected chi connectivity index (χ0v) is 8.55. The Labute approximate surface area is 83.7 Å². The molecule has 78 valence electrons. The molecule has 2 nitrogen and oxygen atoms in total. The van der Waals surface area contributed by atoms with Gasteiger partial charge in [-0.25, -0.2) is 9.87 Å². The predicted molar refractivity (Wildman–Crippen MR) is 54.0 cm³/mol. The van der Waals surface area contributed by atoms with Crippen LogP contribution in [0.15, 0.2) is 24.3 Å². The first-order valence-electron chi connectivity index (χ1n) is 4.65. The van der Waals surface area contributed by atoms with Crippen molar-refractivity contribution in [1.82, 2.24) is 5.48 Å². The van der Waals surface area contributed by atoms with E-state index in [4.69, 9.17) is 5.21 Å². The van der Waals surface area contributed by atoms with Crippen LogP contribution in [0.2, 0.25) is 0 Å². The van der Waals surface area contributed by atoms with Crippen molar-refractivity contribution in [1.29, 1.82) is 0 Å². The standard InChI is InChI=1S/C11H16FNO/c1-11(2,12)7-9-4-3-5-10(6-9)8-13-14/h3-6,13-14H,7-8H2,1-2H3. The van der Waals surface area contributed by atoms with Crippen LogP contribution in [0.4, 0.5) is 4.39 Å². The summed E-state index contributed by atoms with van der Waals surface area (Å²) in [6.45, 7) is 3.51. The van der Waals surface area contributed by atoms with Crippen LogP contribution in [-0.4, -0.2) is 10.9 Å². The van der Waals surface area contributed by atoms with Gasteiger partial charge in [-0.3, -0.25) is 0 Å². The van der Waals surface area contributed by atoms with E-state index in [1.165, 1.54) is 0 Å². The van der Waals surface area contributed by atoms with Crippen molar-refractivity contribution < 1.29 is 9.60 Å². The lowest BCUT2D eigenvalue weighted by molar-refractivity contribution is 0.161. The average molecular weight is 197 g/mol. The Morgan fingerprint density at radius 3 is 2.57 bits per heavy atom. The van der Waals surface area contributed by atoms with Crippen molar-refractivity contribution in [3.05, 3.63) is 35.4 Å². The van der Waals surface area contributed by atoms with Crippen molar-refractivity contribution in [2.24, 2.45) is 0 Å². The molecule has 0 unspecified atom stereocenters. The van der Waals surface area contributed by atoms with Crippen LogP contribution < -0.4 is 5.48 Å². The molecule has 0 radical (unpaired) electrons. The maximum atomic E-state index is 13.3. The molecule has 1 aromatic carbocycles. The monoisotopic (exact) mass is 197 g/mol. The number of hydrogen-bond donors (Lipinski definition) is 2. The average Bonchev–Trinajstić information content (AvgIpc) is 2.02. The highest BCUT2D eigenvalue weighted by molar-refractivity contribution is 5.24. The maximum Gasteiger partial charge on any atom is 0.109 e. The van der Waals surface area contributed by atoms with Crippen molar-refractivity contribution in [3.8, 4) is 0 Å². The van der Waals surface area contributed by atoms with Gasteiger partial charge >= 0.3 is 0 Å². The minimum absolute atomic E-state index is 0.389. The first-order valence-corrected chi connectivity index (χ1v) is 4.65. The van der Waals surface area contributed by atoms with Gasteiger partial charge in [-0.05, 0) is 25.0 Å². The largest absolute Gasteiger partial charge is 0.316 e. The number of hydrogen-bond acceptors (Lipinski definition) is 2. The van der Waals surface area contributed by atoms with Gasteiger partial charge in [-0.2, -0.15) is 0 Å². The van der Waals surface area contributed by atoms with E-state index in [2.05, 4.69) is 5.48 Å². The van der Waals surface area contributed by atoms with Crippen LogP contribution in [0.25, 0.3) is 0 Å². The van der Waals surface area contributed by atoms with Crippen molar-refractivity contribution in [2.45, 2.75) is 32.5 Å². The lowest BCUT2D eigenvalue weighted by Crippen LogP contribution is -2.16. The molecular weight excluding hydrogens is 181 g/mol. The number of rotatable bonds is 4. The number of halogens is 1. The summed E-state index contributed by atoms with van der Waals surface area (Å²) in [6.07, 6.45) is 0.395. The molecule has 3 heteroatoms. The van der Waals surface area contributed by atoms with Gasteiger partial charge in [-0.1, -0.05) is 24.3 Å². The molecule has 0 bridgehead atoms. The second kappa shape index (κ2) is 4.53. The van der Waals surface area contributed by atoms with Crippen LogP contribution in [0, 0.1) is 0 Å². The van der Waals surface area contributed by atoms with E-state index in [0.29, 0.717) is 13.0 Å². The molecule has 14 heavy (non-hydrogen) atoms. The van der Waals surface area contributed by atoms with Crippen molar-refractivity contribution >= 4 is 0 Å². The number of nitrogens with one attached hydrogen (secondary N) is 1. The fraction of sp³-hybridized carbons (Fsp3) is 0.455. The second-order valence-electron chi connectivity index (χ2n) is 4.05. The van der Waals surface area contributed by atoms with E-state index in [9.17, 15) is 4.39 Å². The summed E-state index contributed by atoms with van der Waals surface area (Å²) in [7, 11) is 0. The van der Waals surface area contributed by atoms with Gasteiger partial charge in [0.15, 0.2) is 0 Å². The Balaban J connectivity index is 2.73. The summed E-state index contributed by atoms with van der Waals surface area (Å²) in [4.78, 5) is 0. The van der Waals surface area contributed by atoms with Crippen LogP contribution >= 0.6 is 0 Å². The third-order valence-corrected chi connectivity index (χ3v) is 1.90. The lowest BCUT2D eigenvalue weighted by Gasteiger charge is -2.14. The second-order valence-corrected chi connectivity index (χ2v) is 4.05. The van der Waals surface area contributed by atoms with E-state index in [1.807, 2.05) is 24.3 Å². The molecule has 0 aliphatic heterocycles. The normalized spacial score (nSPS) is 11.7.